The molecule has 2 aliphatic rings. The molecule has 1 amide bonds. The van der Waals surface area contributed by atoms with Crippen LogP contribution in [0.2, 0.25) is 0 Å². The van der Waals surface area contributed by atoms with E-state index in [0.29, 0.717) is 11.7 Å². The van der Waals surface area contributed by atoms with Gasteiger partial charge in [-0.2, -0.15) is 0 Å². The second-order valence-corrected chi connectivity index (χ2v) is 6.56. The number of aromatic amines is 1. The van der Waals surface area contributed by atoms with E-state index >= 15 is 0 Å². The van der Waals surface area contributed by atoms with Gasteiger partial charge in [0.05, 0.1) is 0 Å². The number of nitrogens with zero attached hydrogens (tertiary/aromatic N) is 3. The van der Waals surface area contributed by atoms with Crippen molar-refractivity contribution in [2.75, 3.05) is 53.4 Å². The van der Waals surface area contributed by atoms with Gasteiger partial charge in [0, 0.05) is 71.6 Å². The molecule has 0 bridgehead atoms. The molecule has 6 nitrogen and oxygen atoms in total. The zero-order valence-electron chi connectivity index (χ0n) is 14.0. The average molecular weight is 342 g/mol. The molecule has 0 radical (unpaired) electrons. The molecule has 3 rings (SSSR count). The van der Waals surface area contributed by atoms with Gasteiger partial charge in [-0.25, -0.2) is 0 Å². The van der Waals surface area contributed by atoms with Crippen LogP contribution >= 0.6 is 12.4 Å². The third kappa shape index (κ3) is 4.47. The maximum absolute atomic E-state index is 11.9. The molecule has 1 unspecified atom stereocenters. The number of piperazine rings is 1. The summed E-state index contributed by atoms with van der Waals surface area (Å²) >= 11 is 0. The number of nitrogens with one attached hydrogen (secondary N) is 2. The number of carbonyl (C=O) groups is 1. The summed E-state index contributed by atoms with van der Waals surface area (Å²) < 4.78 is 0. The molecule has 1 aromatic rings. The summed E-state index contributed by atoms with van der Waals surface area (Å²) in [6.45, 7) is 7.75. The van der Waals surface area contributed by atoms with Gasteiger partial charge in [0.25, 0.3) is 5.91 Å². The van der Waals surface area contributed by atoms with Crippen LogP contribution in [0.5, 0.6) is 0 Å². The number of rotatable bonds is 4. The second kappa shape index (κ2) is 8.15. The number of likely N-dealkylation sites (tertiary alicyclic amines) is 1. The van der Waals surface area contributed by atoms with Gasteiger partial charge in [-0.05, 0) is 18.6 Å². The Bertz CT molecular complexity index is 512. The summed E-state index contributed by atoms with van der Waals surface area (Å²) in [5, 5.41) is 3.42. The molecule has 1 aromatic heterocycles. The molecule has 0 aliphatic carbocycles. The van der Waals surface area contributed by atoms with E-state index in [1.165, 1.54) is 19.5 Å². The lowest BCUT2D eigenvalue weighted by Gasteiger charge is -2.32. The lowest BCUT2D eigenvalue weighted by Crippen LogP contribution is -2.49. The fourth-order valence-corrected chi connectivity index (χ4v) is 3.44. The number of amides is 1. The van der Waals surface area contributed by atoms with Crippen LogP contribution < -0.4 is 5.32 Å². The van der Waals surface area contributed by atoms with E-state index in [1.54, 1.807) is 19.0 Å². The third-order valence-corrected chi connectivity index (χ3v) is 4.69. The molecule has 2 saturated heterocycles. The Morgan fingerprint density at radius 2 is 2.00 bits per heavy atom. The Balaban J connectivity index is 0.00000192. The Hall–Kier alpha value is -1.08. The highest BCUT2D eigenvalue weighted by Gasteiger charge is 2.28. The van der Waals surface area contributed by atoms with E-state index in [0.717, 1.165) is 38.4 Å². The molecule has 1 atom stereocenters. The Kier molecular flexibility index (Phi) is 6.47. The van der Waals surface area contributed by atoms with Crippen molar-refractivity contribution in [2.45, 2.75) is 19.0 Å². The van der Waals surface area contributed by atoms with Gasteiger partial charge >= 0.3 is 0 Å². The predicted octanol–water partition coefficient (Wildman–Crippen LogP) is 0.618. The molecule has 2 fully saturated rings. The van der Waals surface area contributed by atoms with E-state index in [4.69, 9.17) is 0 Å². The number of hydrogen-bond acceptors (Lipinski definition) is 4. The van der Waals surface area contributed by atoms with Crippen molar-refractivity contribution < 1.29 is 4.79 Å². The zero-order valence-corrected chi connectivity index (χ0v) is 14.9. The second-order valence-electron chi connectivity index (χ2n) is 6.56. The normalized spacial score (nSPS) is 22.8. The number of H-pyrrole nitrogens is 1. The van der Waals surface area contributed by atoms with Gasteiger partial charge < -0.3 is 15.2 Å². The lowest BCUT2D eigenvalue weighted by molar-refractivity contribution is 0.0822. The molecule has 2 N–H and O–H groups in total. The van der Waals surface area contributed by atoms with Crippen molar-refractivity contribution >= 4 is 18.3 Å². The molecule has 0 saturated carbocycles. The maximum Gasteiger partial charge on any atom is 0.269 e. The quantitative estimate of drug-likeness (QED) is 0.843. The topological polar surface area (TPSA) is 54.6 Å². The molecule has 0 spiro atoms. The first-order valence-electron chi connectivity index (χ1n) is 8.20. The highest BCUT2D eigenvalue weighted by Crippen LogP contribution is 2.18. The van der Waals surface area contributed by atoms with Crippen LogP contribution in [0.1, 0.15) is 22.6 Å². The molecular formula is C16H28ClN5O. The van der Waals surface area contributed by atoms with Crippen molar-refractivity contribution in [1.82, 2.24) is 25.0 Å². The van der Waals surface area contributed by atoms with Crippen LogP contribution in [-0.4, -0.2) is 85.0 Å². The molecular weight excluding hydrogens is 314 g/mol. The van der Waals surface area contributed by atoms with E-state index in [1.807, 2.05) is 12.1 Å². The Morgan fingerprint density at radius 1 is 1.26 bits per heavy atom. The maximum atomic E-state index is 11.9. The van der Waals surface area contributed by atoms with Gasteiger partial charge in [-0.3, -0.25) is 14.6 Å². The summed E-state index contributed by atoms with van der Waals surface area (Å²) in [7, 11) is 3.56. The standard InChI is InChI=1S/C16H27N5O.ClH/c1-19(2)16(22)15-4-3-13(18-15)11-20-8-5-14(12-20)21-9-6-17-7-10-21;/h3-4,14,17-18H,5-12H2,1-2H3;1H. The first-order chi connectivity index (χ1) is 10.6. The van der Waals surface area contributed by atoms with Gasteiger partial charge in [0.2, 0.25) is 0 Å². The minimum absolute atomic E-state index is 0. The van der Waals surface area contributed by atoms with Gasteiger partial charge in [-0.15, -0.1) is 12.4 Å². The number of halogens is 1. The highest BCUT2D eigenvalue weighted by atomic mass is 35.5. The fourth-order valence-electron chi connectivity index (χ4n) is 3.44. The minimum atomic E-state index is 0. The van der Waals surface area contributed by atoms with E-state index < -0.39 is 0 Å². The van der Waals surface area contributed by atoms with Crippen molar-refractivity contribution in [1.29, 1.82) is 0 Å². The third-order valence-electron chi connectivity index (χ3n) is 4.69. The van der Waals surface area contributed by atoms with Gasteiger partial charge in [0.15, 0.2) is 0 Å². The molecule has 0 aromatic carbocycles. The van der Waals surface area contributed by atoms with Crippen LogP contribution in [0.3, 0.4) is 0 Å². The Morgan fingerprint density at radius 3 is 2.70 bits per heavy atom. The molecule has 130 valence electrons. The van der Waals surface area contributed by atoms with Gasteiger partial charge in [-0.1, -0.05) is 0 Å². The van der Waals surface area contributed by atoms with Crippen LogP contribution in [0.4, 0.5) is 0 Å². The average Bonchev–Trinajstić information content (AvgIpc) is 3.17. The van der Waals surface area contributed by atoms with Crippen LogP contribution in [0.15, 0.2) is 12.1 Å². The van der Waals surface area contributed by atoms with E-state index in [-0.39, 0.29) is 18.3 Å². The smallest absolute Gasteiger partial charge is 0.269 e. The van der Waals surface area contributed by atoms with E-state index in [2.05, 4.69) is 20.1 Å². The van der Waals surface area contributed by atoms with Crippen molar-refractivity contribution in [2.24, 2.45) is 0 Å². The largest absolute Gasteiger partial charge is 0.353 e. The number of hydrogen-bond donors (Lipinski definition) is 2. The molecule has 3 heterocycles. The predicted molar refractivity (Wildman–Crippen MR) is 94.2 cm³/mol. The number of carbonyl (C=O) groups excluding carboxylic acids is 1. The first kappa shape index (κ1) is 18.3. The van der Waals surface area contributed by atoms with Crippen LogP contribution in [0.25, 0.3) is 0 Å². The zero-order chi connectivity index (χ0) is 15.5. The monoisotopic (exact) mass is 341 g/mol. The van der Waals surface area contributed by atoms with Crippen LogP contribution in [0, 0.1) is 0 Å². The summed E-state index contributed by atoms with van der Waals surface area (Å²) in [6, 6.07) is 4.62. The Labute approximate surface area is 144 Å². The SMILES string of the molecule is CN(C)C(=O)c1ccc(CN2CCC(N3CCNCC3)C2)[nH]1.Cl. The summed E-state index contributed by atoms with van der Waals surface area (Å²) in [6.07, 6.45) is 1.25. The van der Waals surface area contributed by atoms with Gasteiger partial charge in [0.1, 0.15) is 5.69 Å². The molecule has 2 aliphatic heterocycles. The van der Waals surface area contributed by atoms with E-state index in [9.17, 15) is 4.79 Å². The van der Waals surface area contributed by atoms with Crippen molar-refractivity contribution in [3.63, 3.8) is 0 Å². The van der Waals surface area contributed by atoms with Crippen molar-refractivity contribution in [3.05, 3.63) is 23.5 Å². The van der Waals surface area contributed by atoms with Crippen molar-refractivity contribution in [3.8, 4) is 0 Å². The van der Waals surface area contributed by atoms with Crippen LogP contribution in [-0.2, 0) is 6.54 Å². The molecule has 23 heavy (non-hydrogen) atoms. The first-order valence-corrected chi connectivity index (χ1v) is 8.20. The highest BCUT2D eigenvalue weighted by molar-refractivity contribution is 5.92. The number of aromatic nitrogens is 1. The summed E-state index contributed by atoms with van der Waals surface area (Å²) in [4.78, 5) is 21.9. The molecule has 7 heteroatoms. The summed E-state index contributed by atoms with van der Waals surface area (Å²) in [5.74, 6) is 0.0337. The lowest BCUT2D eigenvalue weighted by atomic mass is 10.2. The summed E-state index contributed by atoms with van der Waals surface area (Å²) in [5.41, 5.74) is 1.81. The fraction of sp³-hybridized carbons (Fsp3) is 0.688. The minimum Gasteiger partial charge on any atom is -0.353 e.